The first-order valence-corrected chi connectivity index (χ1v) is 7.77. The van der Waals surface area contributed by atoms with E-state index in [4.69, 9.17) is 28.4 Å². The molecule has 0 heterocycles. The molecule has 142 valence electrons. The van der Waals surface area contributed by atoms with Gasteiger partial charge in [-0.05, 0) is 0 Å². The van der Waals surface area contributed by atoms with Gasteiger partial charge in [0.1, 0.15) is 0 Å². The number of hydrogen-bond donors (Lipinski definition) is 0. The second-order valence-electron chi connectivity index (χ2n) is 4.66. The summed E-state index contributed by atoms with van der Waals surface area (Å²) in [5.74, 6) is 0. The molecule has 0 bridgehead atoms. The topological polar surface area (TPSA) is 58.6 Å². The van der Waals surface area contributed by atoms with E-state index >= 15 is 0 Å². The van der Waals surface area contributed by atoms with Gasteiger partial charge < -0.3 is 28.4 Å². The van der Waals surface area contributed by atoms with Crippen molar-refractivity contribution in [3.63, 3.8) is 0 Å². The molecule has 0 amide bonds. The Bertz CT molecular complexity index is 187. The summed E-state index contributed by atoms with van der Waals surface area (Å²) in [5, 5.41) is 0. The smallest absolute Gasteiger partial charge is 0.382 e. The van der Waals surface area contributed by atoms with Crippen LogP contribution in [0, 0.1) is 0 Å². The SMILES string of the molecule is COCCOCCN(CCOCCOC)CCOCCOC.[BH4-].[K+]. The van der Waals surface area contributed by atoms with Crippen molar-refractivity contribution in [2.75, 3.05) is 100 Å². The van der Waals surface area contributed by atoms with Crippen molar-refractivity contribution in [1.82, 2.24) is 4.90 Å². The second kappa shape index (κ2) is 26.6. The van der Waals surface area contributed by atoms with Crippen molar-refractivity contribution >= 4 is 8.41 Å². The third-order valence-corrected chi connectivity index (χ3v) is 2.95. The summed E-state index contributed by atoms with van der Waals surface area (Å²) >= 11 is 0. The maximum atomic E-state index is 5.51. The molecule has 0 aromatic carbocycles. The predicted octanol–water partition coefficient (Wildman–Crippen LogP) is -4.17. The van der Waals surface area contributed by atoms with E-state index in [2.05, 4.69) is 4.90 Å². The zero-order valence-electron chi connectivity index (χ0n) is 15.4. The fraction of sp³-hybridized carbons (Fsp3) is 1.00. The van der Waals surface area contributed by atoms with Gasteiger partial charge in [0, 0.05) is 41.0 Å². The van der Waals surface area contributed by atoms with Gasteiger partial charge in [0.05, 0.1) is 59.5 Å². The molecule has 0 unspecified atom stereocenters. The Kier molecular flexibility index (Phi) is 33.5. The van der Waals surface area contributed by atoms with E-state index in [0.717, 1.165) is 19.6 Å². The molecule has 0 aliphatic heterocycles. The van der Waals surface area contributed by atoms with Gasteiger partial charge in [-0.3, -0.25) is 4.90 Å². The van der Waals surface area contributed by atoms with Crippen molar-refractivity contribution in [2.24, 2.45) is 0 Å². The summed E-state index contributed by atoms with van der Waals surface area (Å²) in [7, 11) is 5.01. The molecule has 0 aromatic heterocycles. The van der Waals surface area contributed by atoms with Crippen LogP contribution in [0.5, 0.6) is 0 Å². The van der Waals surface area contributed by atoms with Crippen molar-refractivity contribution in [3.8, 4) is 0 Å². The number of hydrogen-bond acceptors (Lipinski definition) is 7. The molecule has 7 nitrogen and oxygen atoms in total. The first-order chi connectivity index (χ1) is 10.8. The largest absolute Gasteiger partial charge is 1.00 e. The van der Waals surface area contributed by atoms with Crippen LogP contribution in [0.25, 0.3) is 0 Å². The van der Waals surface area contributed by atoms with Gasteiger partial charge in [-0.1, -0.05) is 8.41 Å². The van der Waals surface area contributed by atoms with E-state index in [0.29, 0.717) is 59.5 Å². The van der Waals surface area contributed by atoms with Gasteiger partial charge in [-0.25, -0.2) is 0 Å². The summed E-state index contributed by atoms with van der Waals surface area (Å²) in [6.07, 6.45) is 0. The van der Waals surface area contributed by atoms with Crippen molar-refractivity contribution < 1.29 is 79.8 Å². The molecule has 0 N–H and O–H groups in total. The molecule has 0 radical (unpaired) electrons. The number of rotatable bonds is 18. The normalized spacial score (nSPS) is 10.5. The molecule has 24 heavy (non-hydrogen) atoms. The Morgan fingerprint density at radius 1 is 0.500 bits per heavy atom. The van der Waals surface area contributed by atoms with Crippen LogP contribution in [0.4, 0.5) is 0 Å². The van der Waals surface area contributed by atoms with Gasteiger partial charge >= 0.3 is 51.4 Å². The van der Waals surface area contributed by atoms with Gasteiger partial charge in [0.25, 0.3) is 0 Å². The molecule has 0 aliphatic rings. The standard InChI is InChI=1S/C15H33NO6.BH4.K/c1-17-10-13-20-7-4-16(5-8-21-14-11-18-2)6-9-22-15-12-19-3;;/h4-15H2,1-3H3;1H4;/q;-1;+1. The van der Waals surface area contributed by atoms with Crippen molar-refractivity contribution in [2.45, 2.75) is 0 Å². The molecule has 0 atom stereocenters. The number of nitrogens with zero attached hydrogens (tertiary/aromatic N) is 1. The summed E-state index contributed by atoms with van der Waals surface area (Å²) in [6.45, 7) is 8.34. The Morgan fingerprint density at radius 2 is 0.792 bits per heavy atom. The molecule has 0 aliphatic carbocycles. The average Bonchev–Trinajstić information content (AvgIpc) is 2.53. The zero-order chi connectivity index (χ0) is 16.3. The van der Waals surface area contributed by atoms with E-state index in [9.17, 15) is 0 Å². The van der Waals surface area contributed by atoms with Crippen LogP contribution in [-0.4, -0.2) is 114 Å². The average molecular weight is 377 g/mol. The van der Waals surface area contributed by atoms with E-state index in [1.54, 1.807) is 21.3 Å². The Labute approximate surface area is 192 Å². The minimum Gasteiger partial charge on any atom is -0.382 e. The van der Waals surface area contributed by atoms with Crippen LogP contribution in [0.3, 0.4) is 0 Å². The van der Waals surface area contributed by atoms with E-state index < -0.39 is 0 Å². The first kappa shape index (κ1) is 30.2. The molecule has 0 aromatic rings. The van der Waals surface area contributed by atoms with E-state index in [1.165, 1.54) is 0 Å². The van der Waals surface area contributed by atoms with Crippen LogP contribution in [0.15, 0.2) is 0 Å². The fourth-order valence-corrected chi connectivity index (χ4v) is 1.65. The second-order valence-corrected chi connectivity index (χ2v) is 4.66. The van der Waals surface area contributed by atoms with Crippen LogP contribution >= 0.6 is 0 Å². The minimum absolute atomic E-state index is 0. The summed E-state index contributed by atoms with van der Waals surface area (Å²) < 4.78 is 31.4. The summed E-state index contributed by atoms with van der Waals surface area (Å²) in [6, 6.07) is 0. The molecule has 0 spiro atoms. The Hall–Kier alpha value is 1.42. The maximum Gasteiger partial charge on any atom is 1.00 e. The quantitative estimate of drug-likeness (QED) is 0.178. The summed E-state index contributed by atoms with van der Waals surface area (Å²) in [5.41, 5.74) is 0. The van der Waals surface area contributed by atoms with Gasteiger partial charge in [0.2, 0.25) is 0 Å². The molecule has 0 rings (SSSR count). The van der Waals surface area contributed by atoms with Crippen molar-refractivity contribution in [1.29, 1.82) is 0 Å². The third-order valence-electron chi connectivity index (χ3n) is 2.95. The van der Waals surface area contributed by atoms with E-state index in [-0.39, 0.29) is 59.8 Å². The predicted molar refractivity (Wildman–Crippen MR) is 95.9 cm³/mol. The first-order valence-electron chi connectivity index (χ1n) is 7.77. The minimum atomic E-state index is 0. The van der Waals surface area contributed by atoms with Crippen LogP contribution in [-0.2, 0) is 28.4 Å². The van der Waals surface area contributed by atoms with Crippen LogP contribution in [0.1, 0.15) is 0 Å². The fourth-order valence-electron chi connectivity index (χ4n) is 1.65. The Morgan fingerprint density at radius 3 is 1.04 bits per heavy atom. The molecule has 0 fully saturated rings. The third kappa shape index (κ3) is 23.4. The van der Waals surface area contributed by atoms with E-state index in [1.807, 2.05) is 0 Å². The van der Waals surface area contributed by atoms with Gasteiger partial charge in [0.15, 0.2) is 0 Å². The van der Waals surface area contributed by atoms with Crippen LogP contribution in [0.2, 0.25) is 0 Å². The number of ether oxygens (including phenoxy) is 6. The number of methoxy groups -OCH3 is 3. The maximum absolute atomic E-state index is 5.51. The molecule has 0 saturated carbocycles. The van der Waals surface area contributed by atoms with Crippen LogP contribution < -0.4 is 51.4 Å². The molecular weight excluding hydrogens is 340 g/mol. The van der Waals surface area contributed by atoms with Gasteiger partial charge in [-0.15, -0.1) is 0 Å². The summed E-state index contributed by atoms with van der Waals surface area (Å²) in [4.78, 5) is 2.27. The molecule has 9 heteroatoms. The molecule has 0 saturated heterocycles. The monoisotopic (exact) mass is 377 g/mol. The Balaban J connectivity index is -0.00000220. The van der Waals surface area contributed by atoms with Crippen molar-refractivity contribution in [3.05, 3.63) is 0 Å². The zero-order valence-corrected chi connectivity index (χ0v) is 18.5. The van der Waals surface area contributed by atoms with Gasteiger partial charge in [-0.2, -0.15) is 0 Å². The molecular formula is C15H37BKNO6.